The van der Waals surface area contributed by atoms with Gasteiger partial charge in [0.25, 0.3) is 0 Å². The third-order valence-electron chi connectivity index (χ3n) is 1.79. The van der Waals surface area contributed by atoms with Crippen LogP contribution in [-0.4, -0.2) is 18.3 Å². The van der Waals surface area contributed by atoms with Gasteiger partial charge in [0.15, 0.2) is 11.6 Å². The Morgan fingerprint density at radius 3 is 2.64 bits per heavy atom. The third-order valence-corrected chi connectivity index (χ3v) is 2.07. The Hall–Kier alpha value is -0.800. The zero-order valence-electron chi connectivity index (χ0n) is 8.05. The molecular formula is C10H12ClFO2. The molecule has 0 saturated carbocycles. The van der Waals surface area contributed by atoms with E-state index in [1.807, 2.05) is 0 Å². The second-order valence-corrected chi connectivity index (χ2v) is 3.55. The second-order valence-electron chi connectivity index (χ2n) is 3.15. The number of hydrogen-bond donors (Lipinski definition) is 1. The molecule has 0 aliphatic heterocycles. The number of methoxy groups -OCH3 is 1. The molecular weight excluding hydrogens is 207 g/mol. The molecule has 1 atom stereocenters. The van der Waals surface area contributed by atoms with Crippen LogP contribution in [0.3, 0.4) is 0 Å². The first-order valence-corrected chi connectivity index (χ1v) is 4.62. The Balaban J connectivity index is 3.01. The molecule has 78 valence electrons. The highest BCUT2D eigenvalue weighted by molar-refractivity contribution is 6.32. The van der Waals surface area contributed by atoms with E-state index in [4.69, 9.17) is 21.4 Å². The van der Waals surface area contributed by atoms with Crippen molar-refractivity contribution in [3.63, 3.8) is 0 Å². The highest BCUT2D eigenvalue weighted by Crippen LogP contribution is 2.29. The van der Waals surface area contributed by atoms with E-state index in [9.17, 15) is 4.39 Å². The van der Waals surface area contributed by atoms with Crippen molar-refractivity contribution in [1.82, 2.24) is 0 Å². The molecule has 1 aromatic rings. The molecule has 0 bridgehead atoms. The van der Waals surface area contributed by atoms with Gasteiger partial charge in [-0.15, -0.1) is 0 Å². The first-order valence-electron chi connectivity index (χ1n) is 4.24. The lowest BCUT2D eigenvalue weighted by Crippen LogP contribution is -2.04. The van der Waals surface area contributed by atoms with Crippen molar-refractivity contribution >= 4 is 11.6 Å². The van der Waals surface area contributed by atoms with Crippen molar-refractivity contribution in [2.75, 3.05) is 7.11 Å². The van der Waals surface area contributed by atoms with Crippen LogP contribution in [0.15, 0.2) is 12.1 Å². The molecule has 0 aliphatic carbocycles. The Kier molecular flexibility index (Phi) is 3.72. The summed E-state index contributed by atoms with van der Waals surface area (Å²) in [6, 6.07) is 2.91. The minimum atomic E-state index is -0.515. The zero-order chi connectivity index (χ0) is 10.7. The summed E-state index contributed by atoms with van der Waals surface area (Å²) >= 11 is 5.77. The van der Waals surface area contributed by atoms with Crippen molar-refractivity contribution in [3.8, 4) is 5.75 Å². The maximum atomic E-state index is 13.3. The van der Waals surface area contributed by atoms with Crippen LogP contribution >= 0.6 is 11.6 Å². The molecule has 14 heavy (non-hydrogen) atoms. The van der Waals surface area contributed by atoms with Crippen LogP contribution in [0.1, 0.15) is 12.5 Å². The number of ether oxygens (including phenoxy) is 1. The Morgan fingerprint density at radius 2 is 2.21 bits per heavy atom. The number of aliphatic hydroxyl groups excluding tert-OH is 1. The topological polar surface area (TPSA) is 29.5 Å². The molecule has 0 saturated heterocycles. The lowest BCUT2D eigenvalue weighted by molar-refractivity contribution is 0.195. The van der Waals surface area contributed by atoms with Crippen LogP contribution < -0.4 is 4.74 Å². The van der Waals surface area contributed by atoms with Crippen LogP contribution in [0.25, 0.3) is 0 Å². The summed E-state index contributed by atoms with van der Waals surface area (Å²) in [5.74, 6) is -0.461. The molecule has 0 aromatic heterocycles. The van der Waals surface area contributed by atoms with E-state index in [1.54, 1.807) is 13.0 Å². The van der Waals surface area contributed by atoms with Gasteiger partial charge in [-0.2, -0.15) is 0 Å². The molecule has 1 aromatic carbocycles. The minimum absolute atomic E-state index is 0.0426. The summed E-state index contributed by atoms with van der Waals surface area (Å²) in [4.78, 5) is 0. The second kappa shape index (κ2) is 4.62. The molecule has 0 heterocycles. The molecule has 0 radical (unpaired) electrons. The van der Waals surface area contributed by atoms with Crippen LogP contribution in [0, 0.1) is 5.82 Å². The highest BCUT2D eigenvalue weighted by atomic mass is 35.5. The summed E-state index contributed by atoms with van der Waals surface area (Å²) in [6.07, 6.45) is -0.139. The van der Waals surface area contributed by atoms with Gasteiger partial charge in [-0.25, -0.2) is 4.39 Å². The SMILES string of the molecule is COc1c(F)cc(CC(C)O)cc1Cl. The molecule has 1 N–H and O–H groups in total. The fraction of sp³-hybridized carbons (Fsp3) is 0.400. The predicted octanol–water partition coefficient (Wildman–Crippen LogP) is 2.41. The summed E-state index contributed by atoms with van der Waals surface area (Å²) in [6.45, 7) is 1.63. The molecule has 0 fully saturated rings. The normalized spacial score (nSPS) is 12.6. The maximum Gasteiger partial charge on any atom is 0.173 e. The van der Waals surface area contributed by atoms with Gasteiger partial charge >= 0.3 is 0 Å². The van der Waals surface area contributed by atoms with Gasteiger partial charge < -0.3 is 9.84 Å². The summed E-state index contributed by atoms with van der Waals surface area (Å²) in [5, 5.41) is 9.34. The fourth-order valence-corrected chi connectivity index (χ4v) is 1.57. The van der Waals surface area contributed by atoms with Crippen molar-refractivity contribution in [1.29, 1.82) is 0 Å². The van der Waals surface area contributed by atoms with Gasteiger partial charge in [0.05, 0.1) is 18.2 Å². The van der Waals surface area contributed by atoms with E-state index in [1.165, 1.54) is 13.2 Å². The molecule has 4 heteroatoms. The lowest BCUT2D eigenvalue weighted by Gasteiger charge is -2.08. The van der Waals surface area contributed by atoms with Gasteiger partial charge in [0.1, 0.15) is 0 Å². The Labute approximate surface area is 87.3 Å². The number of benzene rings is 1. The molecule has 0 spiro atoms. The summed E-state index contributed by atoms with van der Waals surface area (Å²) in [5.41, 5.74) is 0.656. The average molecular weight is 219 g/mol. The van der Waals surface area contributed by atoms with Crippen molar-refractivity contribution in [3.05, 3.63) is 28.5 Å². The van der Waals surface area contributed by atoms with Gasteiger partial charge in [-0.3, -0.25) is 0 Å². The van der Waals surface area contributed by atoms with Crippen molar-refractivity contribution in [2.45, 2.75) is 19.4 Å². The van der Waals surface area contributed by atoms with E-state index >= 15 is 0 Å². The monoisotopic (exact) mass is 218 g/mol. The Bertz CT molecular complexity index is 303. The standard InChI is InChI=1S/C10H12ClFO2/c1-6(13)3-7-4-8(11)10(14-2)9(12)5-7/h4-6,13H,3H2,1-2H3. The molecule has 0 amide bonds. The van der Waals surface area contributed by atoms with Gasteiger partial charge in [-0.1, -0.05) is 11.6 Å². The zero-order valence-corrected chi connectivity index (χ0v) is 8.81. The highest BCUT2D eigenvalue weighted by Gasteiger charge is 2.10. The van der Waals surface area contributed by atoms with Gasteiger partial charge in [0, 0.05) is 0 Å². The summed E-state index contributed by atoms with van der Waals surface area (Å²) in [7, 11) is 1.36. The quantitative estimate of drug-likeness (QED) is 0.844. The van der Waals surface area contributed by atoms with Crippen LogP contribution in [0.2, 0.25) is 5.02 Å². The Morgan fingerprint density at radius 1 is 1.57 bits per heavy atom. The van der Waals surface area contributed by atoms with Gasteiger partial charge in [-0.05, 0) is 31.0 Å². The van der Waals surface area contributed by atoms with E-state index in [0.29, 0.717) is 12.0 Å². The smallest absolute Gasteiger partial charge is 0.173 e. The number of hydrogen-bond acceptors (Lipinski definition) is 2. The van der Waals surface area contributed by atoms with Crippen LogP contribution in [0.5, 0.6) is 5.75 Å². The number of aliphatic hydroxyl groups is 1. The van der Waals surface area contributed by atoms with E-state index in [2.05, 4.69) is 0 Å². The predicted molar refractivity (Wildman–Crippen MR) is 53.3 cm³/mol. The number of rotatable bonds is 3. The lowest BCUT2D eigenvalue weighted by atomic mass is 10.1. The minimum Gasteiger partial charge on any atom is -0.492 e. The number of halogens is 2. The first kappa shape index (κ1) is 11.3. The van der Waals surface area contributed by atoms with Crippen LogP contribution in [0.4, 0.5) is 4.39 Å². The average Bonchev–Trinajstić information content (AvgIpc) is 2.01. The molecule has 1 unspecified atom stereocenters. The molecule has 0 aliphatic rings. The van der Waals surface area contributed by atoms with E-state index < -0.39 is 11.9 Å². The fourth-order valence-electron chi connectivity index (χ4n) is 1.27. The molecule has 1 rings (SSSR count). The third kappa shape index (κ3) is 2.59. The summed E-state index contributed by atoms with van der Waals surface area (Å²) < 4.78 is 18.0. The largest absolute Gasteiger partial charge is 0.492 e. The van der Waals surface area contributed by atoms with Crippen molar-refractivity contribution < 1.29 is 14.2 Å². The van der Waals surface area contributed by atoms with Gasteiger partial charge in [0.2, 0.25) is 0 Å². The van der Waals surface area contributed by atoms with Crippen LogP contribution in [-0.2, 0) is 6.42 Å². The van der Waals surface area contributed by atoms with E-state index in [-0.39, 0.29) is 10.8 Å². The molecule has 2 nitrogen and oxygen atoms in total. The van der Waals surface area contributed by atoms with E-state index in [0.717, 1.165) is 0 Å². The maximum absolute atomic E-state index is 13.3. The first-order chi connectivity index (χ1) is 6.54. The van der Waals surface area contributed by atoms with Crippen molar-refractivity contribution in [2.24, 2.45) is 0 Å².